The molecule has 0 aliphatic rings. The molecule has 2 aromatic rings. The lowest BCUT2D eigenvalue weighted by atomic mass is 10.1. The second kappa shape index (κ2) is 10.4. The maximum absolute atomic E-state index is 12.1. The minimum atomic E-state index is -0.0469. The van der Waals surface area contributed by atoms with Crippen LogP contribution in [0.3, 0.4) is 0 Å². The van der Waals surface area contributed by atoms with Crippen molar-refractivity contribution >= 4 is 17.3 Å². The lowest BCUT2D eigenvalue weighted by Gasteiger charge is -2.09. The van der Waals surface area contributed by atoms with E-state index in [1.807, 2.05) is 36.4 Å². The molecule has 134 valence electrons. The Bertz CT molecular complexity index is 636. The van der Waals surface area contributed by atoms with Gasteiger partial charge >= 0.3 is 0 Å². The summed E-state index contributed by atoms with van der Waals surface area (Å²) in [6.45, 7) is 2.96. The third-order valence-electron chi connectivity index (χ3n) is 4.00. The van der Waals surface area contributed by atoms with Gasteiger partial charge in [-0.05, 0) is 48.4 Å². The quantitative estimate of drug-likeness (QED) is 0.482. The van der Waals surface area contributed by atoms with E-state index in [1.54, 1.807) is 12.1 Å². The molecule has 0 atom stereocenters. The van der Waals surface area contributed by atoms with E-state index in [9.17, 15) is 4.79 Å². The van der Waals surface area contributed by atoms with Crippen LogP contribution in [-0.4, -0.2) is 12.5 Å². The molecule has 4 nitrogen and oxygen atoms in total. The molecule has 1 amide bonds. The van der Waals surface area contributed by atoms with Gasteiger partial charge in [0.2, 0.25) is 5.91 Å². The molecule has 0 fully saturated rings. The van der Waals surface area contributed by atoms with Crippen LogP contribution in [0.2, 0.25) is 0 Å². The van der Waals surface area contributed by atoms with E-state index in [0.717, 1.165) is 30.0 Å². The van der Waals surface area contributed by atoms with Crippen molar-refractivity contribution in [2.75, 3.05) is 17.7 Å². The third kappa shape index (κ3) is 7.29. The monoisotopic (exact) mass is 340 g/mol. The first-order valence-electron chi connectivity index (χ1n) is 9.04. The van der Waals surface area contributed by atoms with E-state index >= 15 is 0 Å². The van der Waals surface area contributed by atoms with E-state index in [-0.39, 0.29) is 5.91 Å². The minimum absolute atomic E-state index is 0.0469. The highest BCUT2D eigenvalue weighted by Crippen LogP contribution is 2.17. The van der Waals surface area contributed by atoms with Crippen molar-refractivity contribution in [2.24, 2.45) is 0 Å². The predicted octanol–water partition coefficient (Wildman–Crippen LogP) is 4.80. The summed E-state index contributed by atoms with van der Waals surface area (Å²) in [4.78, 5) is 12.1. The van der Waals surface area contributed by atoms with Gasteiger partial charge in [-0.25, -0.2) is 0 Å². The van der Waals surface area contributed by atoms with E-state index < -0.39 is 0 Å². The SMILES string of the molecule is CCCCCCCOc1ccc(NC(=O)Cc2ccc(N)cc2)cc1. The molecular formula is C21H28N2O2. The highest BCUT2D eigenvalue weighted by atomic mass is 16.5. The van der Waals surface area contributed by atoms with Gasteiger partial charge in [0.25, 0.3) is 0 Å². The van der Waals surface area contributed by atoms with Gasteiger partial charge in [0.1, 0.15) is 5.75 Å². The number of carbonyl (C=O) groups is 1. The molecule has 0 heterocycles. The number of anilines is 2. The zero-order valence-corrected chi connectivity index (χ0v) is 15.0. The Morgan fingerprint density at radius 2 is 1.64 bits per heavy atom. The highest BCUT2D eigenvalue weighted by molar-refractivity contribution is 5.92. The smallest absolute Gasteiger partial charge is 0.228 e. The Balaban J connectivity index is 1.72. The molecule has 0 unspecified atom stereocenters. The number of ether oxygens (including phenoxy) is 1. The summed E-state index contributed by atoms with van der Waals surface area (Å²) < 4.78 is 5.73. The maximum Gasteiger partial charge on any atom is 0.228 e. The molecular weight excluding hydrogens is 312 g/mol. The first-order valence-corrected chi connectivity index (χ1v) is 9.04. The first-order chi connectivity index (χ1) is 12.2. The predicted molar refractivity (Wildman–Crippen MR) is 104 cm³/mol. The highest BCUT2D eigenvalue weighted by Gasteiger charge is 2.04. The fraction of sp³-hybridized carbons (Fsp3) is 0.381. The van der Waals surface area contributed by atoms with Crippen molar-refractivity contribution in [3.05, 3.63) is 54.1 Å². The van der Waals surface area contributed by atoms with Gasteiger partial charge < -0.3 is 15.8 Å². The average molecular weight is 340 g/mol. The van der Waals surface area contributed by atoms with Crippen molar-refractivity contribution in [1.29, 1.82) is 0 Å². The van der Waals surface area contributed by atoms with Gasteiger partial charge in [-0.15, -0.1) is 0 Å². The fourth-order valence-electron chi connectivity index (χ4n) is 2.56. The van der Waals surface area contributed by atoms with E-state index in [2.05, 4.69) is 12.2 Å². The van der Waals surface area contributed by atoms with Crippen molar-refractivity contribution in [3.63, 3.8) is 0 Å². The van der Waals surface area contributed by atoms with Crippen LogP contribution in [-0.2, 0) is 11.2 Å². The van der Waals surface area contributed by atoms with Crippen molar-refractivity contribution in [1.82, 2.24) is 0 Å². The zero-order valence-electron chi connectivity index (χ0n) is 15.0. The molecule has 3 N–H and O–H groups in total. The number of benzene rings is 2. The topological polar surface area (TPSA) is 64.3 Å². The molecule has 0 saturated carbocycles. The summed E-state index contributed by atoms with van der Waals surface area (Å²) in [5, 5.41) is 2.90. The van der Waals surface area contributed by atoms with E-state index in [0.29, 0.717) is 12.1 Å². The molecule has 2 aromatic carbocycles. The lowest BCUT2D eigenvalue weighted by molar-refractivity contribution is -0.115. The van der Waals surface area contributed by atoms with Crippen LogP contribution in [0.25, 0.3) is 0 Å². The Labute approximate surface area is 150 Å². The summed E-state index contributed by atoms with van der Waals surface area (Å²) in [5.41, 5.74) is 8.06. The molecule has 0 aliphatic heterocycles. The molecule has 2 rings (SSSR count). The van der Waals surface area contributed by atoms with Gasteiger partial charge in [-0.2, -0.15) is 0 Å². The van der Waals surface area contributed by atoms with E-state index in [1.165, 1.54) is 25.7 Å². The molecule has 0 radical (unpaired) electrons. The van der Waals surface area contributed by atoms with Crippen LogP contribution in [0.1, 0.15) is 44.6 Å². The van der Waals surface area contributed by atoms with E-state index in [4.69, 9.17) is 10.5 Å². The number of rotatable bonds is 10. The van der Waals surface area contributed by atoms with Crippen LogP contribution in [0.5, 0.6) is 5.75 Å². The summed E-state index contributed by atoms with van der Waals surface area (Å²) >= 11 is 0. The van der Waals surface area contributed by atoms with Crippen LogP contribution in [0.4, 0.5) is 11.4 Å². The lowest BCUT2D eigenvalue weighted by Crippen LogP contribution is -2.14. The molecule has 4 heteroatoms. The molecule has 0 bridgehead atoms. The van der Waals surface area contributed by atoms with Crippen molar-refractivity contribution < 1.29 is 9.53 Å². The van der Waals surface area contributed by atoms with Gasteiger partial charge in [-0.3, -0.25) is 4.79 Å². The Morgan fingerprint density at radius 3 is 2.32 bits per heavy atom. The summed E-state index contributed by atoms with van der Waals surface area (Å²) in [6, 6.07) is 14.9. The molecule has 0 aliphatic carbocycles. The summed E-state index contributed by atoms with van der Waals surface area (Å²) in [6.07, 6.45) is 6.46. The zero-order chi connectivity index (χ0) is 17.9. The van der Waals surface area contributed by atoms with Crippen molar-refractivity contribution in [3.8, 4) is 5.75 Å². The molecule has 0 aromatic heterocycles. The summed E-state index contributed by atoms with van der Waals surface area (Å²) in [5.74, 6) is 0.793. The van der Waals surface area contributed by atoms with Crippen molar-refractivity contribution in [2.45, 2.75) is 45.4 Å². The van der Waals surface area contributed by atoms with Gasteiger partial charge in [0.05, 0.1) is 13.0 Å². The third-order valence-corrected chi connectivity index (χ3v) is 4.00. The summed E-state index contributed by atoms with van der Waals surface area (Å²) in [7, 11) is 0. The van der Waals surface area contributed by atoms with Gasteiger partial charge in [0, 0.05) is 11.4 Å². The fourth-order valence-corrected chi connectivity index (χ4v) is 2.56. The number of amides is 1. The van der Waals surface area contributed by atoms with Crippen LogP contribution in [0, 0.1) is 0 Å². The molecule has 0 saturated heterocycles. The van der Waals surface area contributed by atoms with Crippen LogP contribution < -0.4 is 15.8 Å². The molecule has 0 spiro atoms. The number of hydrogen-bond acceptors (Lipinski definition) is 3. The number of hydrogen-bond donors (Lipinski definition) is 2. The van der Waals surface area contributed by atoms with Gasteiger partial charge in [-0.1, -0.05) is 44.7 Å². The average Bonchev–Trinajstić information content (AvgIpc) is 2.61. The number of nitrogens with two attached hydrogens (primary N) is 1. The Kier molecular flexibility index (Phi) is 7.83. The Morgan fingerprint density at radius 1 is 0.960 bits per heavy atom. The van der Waals surface area contributed by atoms with Crippen LogP contribution >= 0.6 is 0 Å². The molecule has 25 heavy (non-hydrogen) atoms. The largest absolute Gasteiger partial charge is 0.494 e. The van der Waals surface area contributed by atoms with Crippen LogP contribution in [0.15, 0.2) is 48.5 Å². The normalized spacial score (nSPS) is 10.4. The first kappa shape index (κ1) is 18.8. The second-order valence-electron chi connectivity index (χ2n) is 6.25. The number of carbonyl (C=O) groups excluding carboxylic acids is 1. The number of nitrogens with one attached hydrogen (secondary N) is 1. The Hall–Kier alpha value is -2.49. The maximum atomic E-state index is 12.1. The minimum Gasteiger partial charge on any atom is -0.494 e. The van der Waals surface area contributed by atoms with Gasteiger partial charge in [0.15, 0.2) is 0 Å². The number of nitrogen functional groups attached to an aromatic ring is 1. The number of unbranched alkanes of at least 4 members (excludes halogenated alkanes) is 4. The standard InChI is InChI=1S/C21H28N2O2/c1-2-3-4-5-6-15-25-20-13-11-19(12-14-20)23-21(24)16-17-7-9-18(22)10-8-17/h7-14H,2-6,15-16,22H2,1H3,(H,23,24). The second-order valence-corrected chi connectivity index (χ2v) is 6.25.